The number of hydrogen-bond donors (Lipinski definition) is 4. The Morgan fingerprint density at radius 2 is 1.98 bits per heavy atom. The zero-order chi connectivity index (χ0) is 30.4. The lowest BCUT2D eigenvalue weighted by Gasteiger charge is -2.26. The molecular formula is C36H50N4O2. The molecule has 2 amide bonds. The molecule has 3 rings (SSSR count). The second-order valence-corrected chi connectivity index (χ2v) is 12.4. The highest BCUT2D eigenvalue weighted by atomic mass is 16.2. The third-order valence-electron chi connectivity index (χ3n) is 8.44. The van der Waals surface area contributed by atoms with E-state index in [1.807, 2.05) is 18.2 Å². The molecule has 1 aromatic carbocycles. The molecule has 1 aliphatic heterocycles. The van der Waals surface area contributed by atoms with E-state index >= 15 is 0 Å². The summed E-state index contributed by atoms with van der Waals surface area (Å²) in [4.78, 5) is 26.6. The number of rotatable bonds is 10. The van der Waals surface area contributed by atoms with Crippen molar-refractivity contribution in [1.29, 1.82) is 5.41 Å². The zero-order valence-electron chi connectivity index (χ0n) is 25.9. The number of amides is 2. The normalized spacial score (nSPS) is 21.2. The highest BCUT2D eigenvalue weighted by molar-refractivity contribution is 5.95. The second kappa shape index (κ2) is 16.9. The summed E-state index contributed by atoms with van der Waals surface area (Å²) in [5.41, 5.74) is 3.47. The van der Waals surface area contributed by atoms with Crippen LogP contribution in [0.5, 0.6) is 0 Å². The van der Waals surface area contributed by atoms with Crippen molar-refractivity contribution in [1.82, 2.24) is 16.0 Å². The van der Waals surface area contributed by atoms with Crippen molar-refractivity contribution in [2.24, 2.45) is 5.92 Å². The highest BCUT2D eigenvalue weighted by Crippen LogP contribution is 2.40. The van der Waals surface area contributed by atoms with Crippen LogP contribution >= 0.6 is 0 Å². The Bertz CT molecular complexity index is 1210. The number of benzene rings is 1. The van der Waals surface area contributed by atoms with Crippen molar-refractivity contribution in [2.75, 3.05) is 13.1 Å². The average Bonchev–Trinajstić information content (AvgIpc) is 3.48. The predicted octanol–water partition coefficient (Wildman–Crippen LogP) is 5.85. The summed E-state index contributed by atoms with van der Waals surface area (Å²) < 4.78 is 0. The minimum atomic E-state index is -0.317. The molecule has 1 aliphatic carbocycles. The third kappa shape index (κ3) is 9.88. The van der Waals surface area contributed by atoms with Gasteiger partial charge in [0.2, 0.25) is 5.91 Å². The van der Waals surface area contributed by atoms with E-state index in [-0.39, 0.29) is 29.3 Å². The molecule has 6 heteroatoms. The summed E-state index contributed by atoms with van der Waals surface area (Å²) in [6.45, 7) is 7.34. The van der Waals surface area contributed by atoms with Crippen LogP contribution in [0, 0.1) is 35.5 Å². The minimum Gasteiger partial charge on any atom is -0.354 e. The Morgan fingerprint density at radius 1 is 1.21 bits per heavy atom. The zero-order valence-corrected chi connectivity index (χ0v) is 25.9. The van der Waals surface area contributed by atoms with E-state index < -0.39 is 0 Å². The number of carbonyl (C=O) groups excluding carboxylic acids is 2. The number of terminal acetylenes is 1. The van der Waals surface area contributed by atoms with Crippen molar-refractivity contribution in [3.8, 4) is 24.2 Å². The van der Waals surface area contributed by atoms with Gasteiger partial charge in [0.15, 0.2) is 0 Å². The fourth-order valence-corrected chi connectivity index (χ4v) is 5.89. The number of nitrogens with one attached hydrogen (secondary N) is 4. The molecule has 42 heavy (non-hydrogen) atoms. The Balaban J connectivity index is 1.88. The van der Waals surface area contributed by atoms with Crippen molar-refractivity contribution >= 4 is 18.0 Å². The van der Waals surface area contributed by atoms with Gasteiger partial charge in [-0.05, 0) is 86.6 Å². The summed E-state index contributed by atoms with van der Waals surface area (Å²) in [5.74, 6) is 9.37. The monoisotopic (exact) mass is 570 g/mol. The molecule has 226 valence electrons. The smallest absolute Gasteiger partial charge is 0.251 e. The van der Waals surface area contributed by atoms with Crippen molar-refractivity contribution in [3.63, 3.8) is 0 Å². The largest absolute Gasteiger partial charge is 0.354 e. The fraction of sp³-hybridized carbons (Fsp3) is 0.583. The van der Waals surface area contributed by atoms with Gasteiger partial charge < -0.3 is 21.4 Å². The number of fused-ring (bicyclic) bond motifs is 2. The summed E-state index contributed by atoms with van der Waals surface area (Å²) >= 11 is 0. The number of allylic oxidation sites excluding steroid dienone is 2. The molecule has 0 saturated heterocycles. The number of aryl methyl sites for hydroxylation is 1. The summed E-state index contributed by atoms with van der Waals surface area (Å²) in [6.07, 6.45) is 19.7. The van der Waals surface area contributed by atoms with Crippen LogP contribution < -0.4 is 16.0 Å². The van der Waals surface area contributed by atoms with Crippen LogP contribution in [0.15, 0.2) is 29.8 Å². The van der Waals surface area contributed by atoms with Gasteiger partial charge >= 0.3 is 0 Å². The van der Waals surface area contributed by atoms with Crippen LogP contribution in [0.2, 0.25) is 0 Å². The lowest BCUT2D eigenvalue weighted by atomic mass is 9.78. The van der Waals surface area contributed by atoms with Crippen LogP contribution in [0.4, 0.5) is 0 Å². The molecule has 1 saturated carbocycles. The van der Waals surface area contributed by atoms with E-state index in [2.05, 4.69) is 60.5 Å². The molecule has 2 bridgehead atoms. The number of carbonyl (C=O) groups is 2. The van der Waals surface area contributed by atoms with Gasteiger partial charge in [0.25, 0.3) is 5.91 Å². The van der Waals surface area contributed by atoms with Crippen LogP contribution in [0.1, 0.15) is 113 Å². The molecule has 0 aromatic heterocycles. The highest BCUT2D eigenvalue weighted by Gasteiger charge is 2.34. The first kappa shape index (κ1) is 33.2. The Labute approximate surface area is 253 Å². The van der Waals surface area contributed by atoms with Crippen LogP contribution in [0.25, 0.3) is 0 Å². The van der Waals surface area contributed by atoms with Gasteiger partial charge in [-0.2, -0.15) is 0 Å². The van der Waals surface area contributed by atoms with Crippen LogP contribution in [0.3, 0.4) is 0 Å². The van der Waals surface area contributed by atoms with E-state index in [0.717, 1.165) is 80.9 Å². The van der Waals surface area contributed by atoms with E-state index in [1.54, 1.807) is 6.21 Å². The van der Waals surface area contributed by atoms with E-state index in [0.29, 0.717) is 37.4 Å². The van der Waals surface area contributed by atoms with Crippen molar-refractivity contribution < 1.29 is 9.59 Å². The molecule has 6 nitrogen and oxygen atoms in total. The third-order valence-corrected chi connectivity index (χ3v) is 8.44. The lowest BCUT2D eigenvalue weighted by molar-refractivity contribution is -0.123. The SMILES string of the molecule is C#C/C1=C\C#CCC[C@@H](CN[C@@H](CCC)C(=O)NCC(C)C)NC(=O)c2cc(cc(C3(C=N)CCCC3)c2)CCCC1. The second-order valence-electron chi connectivity index (χ2n) is 12.4. The molecule has 0 spiro atoms. The van der Waals surface area contributed by atoms with Gasteiger partial charge in [-0.3, -0.25) is 9.59 Å². The predicted molar refractivity (Wildman–Crippen MR) is 173 cm³/mol. The molecule has 0 unspecified atom stereocenters. The molecule has 4 N–H and O–H groups in total. The lowest BCUT2D eigenvalue weighted by Crippen LogP contribution is -2.50. The quantitative estimate of drug-likeness (QED) is 0.210. The molecule has 2 aliphatic rings. The summed E-state index contributed by atoms with van der Waals surface area (Å²) in [5, 5.41) is 18.0. The maximum atomic E-state index is 13.8. The van der Waals surface area contributed by atoms with Crippen LogP contribution in [-0.2, 0) is 16.6 Å². The molecule has 1 aromatic rings. The maximum Gasteiger partial charge on any atom is 0.251 e. The minimum absolute atomic E-state index is 0.00248. The van der Waals surface area contributed by atoms with Gasteiger partial charge in [0.05, 0.1) is 6.04 Å². The first-order valence-electron chi connectivity index (χ1n) is 15.9. The summed E-state index contributed by atoms with van der Waals surface area (Å²) in [6, 6.07) is 5.70. The van der Waals surface area contributed by atoms with Crippen molar-refractivity contribution in [2.45, 2.75) is 115 Å². The van der Waals surface area contributed by atoms with Gasteiger partial charge in [0.1, 0.15) is 0 Å². The Kier molecular flexibility index (Phi) is 13.4. The Hall–Kier alpha value is -3.35. The molecule has 2 atom stereocenters. The molecule has 0 radical (unpaired) electrons. The van der Waals surface area contributed by atoms with Crippen molar-refractivity contribution in [3.05, 3.63) is 46.5 Å². The van der Waals surface area contributed by atoms with E-state index in [4.69, 9.17) is 11.8 Å². The van der Waals surface area contributed by atoms with E-state index in [9.17, 15) is 9.59 Å². The standard InChI is InChI=1S/C36H50N4O2/c1-5-14-33(35(42)39-24-27(3)4)38-25-32-18-9-7-8-15-28(6-2)16-10-11-17-29-21-30(34(41)40-32)23-31(22-29)36(26-37)19-12-13-20-36/h2,15,21-23,26-27,32-33,37-38H,5,9-14,16-20,24-25H2,1,3-4H3,(H,39,42)(H,40,41)/b28-15+,37-26?/t32-,33-/m0/s1. The molecule has 1 heterocycles. The molecular weight excluding hydrogens is 520 g/mol. The Morgan fingerprint density at radius 3 is 2.67 bits per heavy atom. The first-order chi connectivity index (χ1) is 20.3. The van der Waals surface area contributed by atoms with Gasteiger partial charge in [-0.25, -0.2) is 0 Å². The number of hydrogen-bond acceptors (Lipinski definition) is 4. The average molecular weight is 571 g/mol. The van der Waals surface area contributed by atoms with E-state index in [1.165, 1.54) is 0 Å². The van der Waals surface area contributed by atoms with Crippen LogP contribution in [-0.4, -0.2) is 43.2 Å². The summed E-state index contributed by atoms with van der Waals surface area (Å²) in [7, 11) is 0. The molecule has 1 fully saturated rings. The van der Waals surface area contributed by atoms with Gasteiger partial charge in [-0.15, -0.1) is 6.42 Å². The topological polar surface area (TPSA) is 94.1 Å². The first-order valence-corrected chi connectivity index (χ1v) is 15.9. The fourth-order valence-electron chi connectivity index (χ4n) is 5.89. The maximum absolute atomic E-state index is 13.8. The van der Waals surface area contributed by atoms with Gasteiger partial charge in [-0.1, -0.05) is 63.9 Å². The van der Waals surface area contributed by atoms with Gasteiger partial charge in [0, 0.05) is 48.3 Å².